The maximum Gasteiger partial charge on any atom is 0.332 e. The second-order valence-corrected chi connectivity index (χ2v) is 21.9. The van der Waals surface area contributed by atoms with Crippen LogP contribution in [0.1, 0.15) is 75.6 Å². The van der Waals surface area contributed by atoms with Gasteiger partial charge in [-0.2, -0.15) is 5.10 Å². The highest BCUT2D eigenvalue weighted by molar-refractivity contribution is 7.21. The highest BCUT2D eigenvalue weighted by Gasteiger charge is 2.51. The fourth-order valence-electron chi connectivity index (χ4n) is 9.66. The summed E-state index contributed by atoms with van der Waals surface area (Å²) >= 11 is 1.27. The van der Waals surface area contributed by atoms with Gasteiger partial charge in [0, 0.05) is 37.1 Å². The largest absolute Gasteiger partial charge is 0.496 e. The van der Waals surface area contributed by atoms with E-state index in [1.165, 1.54) is 40.0 Å². The molecular weight excluding hydrogens is 798 g/mol. The number of methoxy groups -OCH3 is 1. The number of rotatable bonds is 13. The number of carbonyl (C=O) groups is 1. The average Bonchev–Trinajstić information content (AvgIpc) is 3.99. The number of thiophene rings is 1. The Morgan fingerprint density at radius 3 is 2.20 bits per heavy atom. The lowest BCUT2D eigenvalue weighted by atomic mass is 9.82. The van der Waals surface area contributed by atoms with E-state index in [2.05, 4.69) is 43.2 Å². The average molecular weight is 850 g/mol. The van der Waals surface area contributed by atoms with Crippen LogP contribution in [0.4, 0.5) is 4.39 Å². The first-order valence-corrected chi connectivity index (χ1v) is 23.4. The molecule has 6 aromatic rings. The van der Waals surface area contributed by atoms with Crippen LogP contribution in [0.15, 0.2) is 107 Å². The Bertz CT molecular complexity index is 2560. The molecule has 0 unspecified atom stereocenters. The van der Waals surface area contributed by atoms with Gasteiger partial charge in [0.2, 0.25) is 5.91 Å². The second-order valence-electron chi connectivity index (χ2n) is 17.0. The summed E-state index contributed by atoms with van der Waals surface area (Å²) in [4.78, 5) is 57.3. The molecule has 0 spiro atoms. The Kier molecular flexibility index (Phi) is 11.6. The Balaban J connectivity index is 1.13. The number of hydrogen-bond donors (Lipinski definition) is 1. The molecule has 60 heavy (non-hydrogen) atoms. The molecule has 0 bridgehead atoms. The number of hydrogen-bond acceptors (Lipinski definition) is 8. The number of aromatic nitrogens is 4. The van der Waals surface area contributed by atoms with Crippen LogP contribution in [0.5, 0.6) is 5.75 Å². The van der Waals surface area contributed by atoms with Crippen molar-refractivity contribution in [2.75, 3.05) is 20.7 Å². The molecule has 3 aromatic heterocycles. The molecule has 2 fully saturated rings. The minimum Gasteiger partial charge on any atom is -0.496 e. The molecule has 1 saturated carbocycles. The van der Waals surface area contributed by atoms with Gasteiger partial charge in [-0.05, 0) is 91.0 Å². The first-order chi connectivity index (χ1) is 28.8. The molecule has 8 rings (SSSR count). The van der Waals surface area contributed by atoms with E-state index < -0.39 is 42.6 Å². The van der Waals surface area contributed by atoms with Crippen molar-refractivity contribution in [2.24, 2.45) is 5.92 Å². The van der Waals surface area contributed by atoms with E-state index >= 15 is 4.39 Å². The first-order valence-electron chi connectivity index (χ1n) is 20.7. The highest BCUT2D eigenvalue weighted by Crippen LogP contribution is 2.46. The number of fused-ring (bicyclic) bond motifs is 1. The highest BCUT2D eigenvalue weighted by atomic mass is 32.1. The zero-order valence-corrected chi connectivity index (χ0v) is 36.5. The van der Waals surface area contributed by atoms with Gasteiger partial charge in [0.1, 0.15) is 33.5 Å². The molecule has 3 aromatic carbocycles. The maximum atomic E-state index is 15.2. The van der Waals surface area contributed by atoms with E-state index in [9.17, 15) is 19.2 Å². The molecule has 2 atom stereocenters. The van der Waals surface area contributed by atoms with Gasteiger partial charge < -0.3 is 19.2 Å². The molecule has 2 aliphatic rings. The van der Waals surface area contributed by atoms with Crippen LogP contribution < -0.4 is 26.4 Å². The molecule has 14 heteroatoms. The summed E-state index contributed by atoms with van der Waals surface area (Å²) in [5, 5.41) is 6.99. The van der Waals surface area contributed by atoms with E-state index in [-0.39, 0.29) is 18.6 Å². The Morgan fingerprint density at radius 1 is 0.950 bits per heavy atom. The maximum absolute atomic E-state index is 15.2. The molecule has 11 nitrogen and oxygen atoms in total. The van der Waals surface area contributed by atoms with Crippen molar-refractivity contribution >= 4 is 46.2 Å². The SMILES string of the molecule is COc1ccc(F)cc1[C@H](Cn1c(=O)n([C@H]2CCN(C)C2=O)c(=O)c2c(C)c(-n3cccn3)sc21)O[C@H]1CC[C@@H](CC(C)(C)[Si](O)(c2ccccc2)c2ccccc2)CC1. The number of benzene rings is 3. The normalized spacial score (nSPS) is 19.3. The molecule has 1 aliphatic heterocycles. The second kappa shape index (κ2) is 16.7. The standard InChI is InChI=1S/C46H52FN5O6SSi/c1-30-40-42(54)52(37-23-26-49(4)41(37)53)45(55)50(44(40)59-43(30)51-25-12-24-48-51)29-39(36-27-32(47)19-22-38(36)57-5)58-33-20-17-31(18-21-33)28-46(2,3)60(56,34-13-8-6-9-14-34)35-15-10-7-11-16-35/h6-16,19,22,24-25,27,31,33,37,39,56H,17-18,20-21,23,26,28-29H2,1-5H3/t31-,33+,37-,39-/m0/s1. The topological polar surface area (TPSA) is 121 Å². The summed E-state index contributed by atoms with van der Waals surface area (Å²) in [6, 6.07) is 25.3. The summed E-state index contributed by atoms with van der Waals surface area (Å²) in [5.74, 6) is -0.0360. The van der Waals surface area contributed by atoms with Crippen molar-refractivity contribution in [3.63, 3.8) is 0 Å². The molecule has 314 valence electrons. The van der Waals surface area contributed by atoms with Gasteiger partial charge in [-0.15, -0.1) is 0 Å². The van der Waals surface area contributed by atoms with E-state index in [4.69, 9.17) is 9.47 Å². The molecule has 1 saturated heterocycles. The third-order valence-corrected chi connectivity index (χ3v) is 18.6. The number of ether oxygens (including phenoxy) is 2. The van der Waals surface area contributed by atoms with Gasteiger partial charge in [-0.25, -0.2) is 18.4 Å². The van der Waals surface area contributed by atoms with Crippen LogP contribution >= 0.6 is 11.3 Å². The lowest BCUT2D eigenvalue weighted by Crippen LogP contribution is -2.65. The Hall–Kier alpha value is -5.15. The van der Waals surface area contributed by atoms with Crippen molar-refractivity contribution in [3.05, 3.63) is 135 Å². The van der Waals surface area contributed by atoms with Crippen molar-refractivity contribution in [1.82, 2.24) is 23.8 Å². The molecule has 1 aliphatic carbocycles. The van der Waals surface area contributed by atoms with Gasteiger partial charge in [-0.3, -0.25) is 14.2 Å². The third-order valence-electron chi connectivity index (χ3n) is 12.8. The van der Waals surface area contributed by atoms with Gasteiger partial charge in [0.25, 0.3) is 13.9 Å². The van der Waals surface area contributed by atoms with Gasteiger partial charge >= 0.3 is 5.69 Å². The minimum absolute atomic E-state index is 0.0651. The Labute approximate surface area is 353 Å². The van der Waals surface area contributed by atoms with Crippen molar-refractivity contribution in [3.8, 4) is 10.8 Å². The molecule has 1 amide bonds. The van der Waals surface area contributed by atoms with Crippen molar-refractivity contribution in [1.29, 1.82) is 0 Å². The van der Waals surface area contributed by atoms with Crippen LogP contribution in [-0.4, -0.2) is 69.6 Å². The van der Waals surface area contributed by atoms with Crippen molar-refractivity contribution < 1.29 is 23.5 Å². The van der Waals surface area contributed by atoms with E-state index in [1.807, 2.05) is 43.3 Å². The predicted octanol–water partition coefficient (Wildman–Crippen LogP) is 6.51. The van der Waals surface area contributed by atoms with Crippen LogP contribution in [0.3, 0.4) is 0 Å². The first kappa shape index (κ1) is 41.6. The van der Waals surface area contributed by atoms with Gasteiger partial charge in [-0.1, -0.05) is 85.8 Å². The smallest absolute Gasteiger partial charge is 0.332 e. The van der Waals surface area contributed by atoms with Crippen LogP contribution in [0.2, 0.25) is 5.04 Å². The summed E-state index contributed by atoms with van der Waals surface area (Å²) in [7, 11) is -0.0171. The Morgan fingerprint density at radius 2 is 1.62 bits per heavy atom. The molecule has 1 N–H and O–H groups in total. The number of nitrogens with zero attached hydrogens (tertiary/aromatic N) is 5. The van der Waals surface area contributed by atoms with E-state index in [1.54, 1.807) is 36.3 Å². The van der Waals surface area contributed by atoms with E-state index in [0.717, 1.165) is 47.0 Å². The predicted molar refractivity (Wildman–Crippen MR) is 235 cm³/mol. The van der Waals surface area contributed by atoms with Gasteiger partial charge in [0.05, 0.1) is 25.1 Å². The monoisotopic (exact) mass is 849 g/mol. The van der Waals surface area contributed by atoms with Crippen LogP contribution in [-0.2, 0) is 16.1 Å². The summed E-state index contributed by atoms with van der Waals surface area (Å²) in [6.45, 7) is 6.58. The number of halogens is 1. The zero-order valence-electron chi connectivity index (χ0n) is 34.7. The fraction of sp³-hybridized carbons (Fsp3) is 0.391. The molecule has 4 heterocycles. The number of likely N-dealkylation sites (tertiary alicyclic amines) is 1. The molecule has 0 radical (unpaired) electrons. The van der Waals surface area contributed by atoms with Crippen molar-refractivity contribution in [2.45, 2.75) is 89.1 Å². The quantitative estimate of drug-likeness (QED) is 0.132. The molecular formula is C46H52FN5O6SSi. The number of carbonyl (C=O) groups excluding carboxylic acids is 1. The van der Waals surface area contributed by atoms with Crippen LogP contribution in [0.25, 0.3) is 15.2 Å². The van der Waals surface area contributed by atoms with Gasteiger partial charge in [0.15, 0.2) is 0 Å². The van der Waals surface area contributed by atoms with Crippen LogP contribution in [0, 0.1) is 18.7 Å². The minimum atomic E-state index is -3.20. The number of likely N-dealkylation sites (N-methyl/N-ethyl adjacent to an activating group) is 1. The van der Waals surface area contributed by atoms with E-state index in [0.29, 0.717) is 51.0 Å². The number of aryl methyl sites for hydroxylation is 1. The summed E-state index contributed by atoms with van der Waals surface area (Å²) < 4.78 is 32.2. The lowest BCUT2D eigenvalue weighted by molar-refractivity contribution is -0.129. The third kappa shape index (κ3) is 7.48. The lowest BCUT2D eigenvalue weighted by Gasteiger charge is -2.44. The number of amides is 1. The summed E-state index contributed by atoms with van der Waals surface area (Å²) in [6.07, 6.45) is 6.65. The fourth-order valence-corrected chi connectivity index (χ4v) is 14.7. The summed E-state index contributed by atoms with van der Waals surface area (Å²) in [5.41, 5.74) is -0.0689. The zero-order chi connectivity index (χ0) is 42.3.